The number of carbonyl (C=O) groups is 1. The number of anilines is 1. The Labute approximate surface area is 129 Å². The highest BCUT2D eigenvalue weighted by Gasteiger charge is 2.44. The molecule has 4 heteroatoms. The number of hydrogen-bond acceptors (Lipinski definition) is 2. The molecule has 0 bridgehead atoms. The van der Waals surface area contributed by atoms with E-state index in [-0.39, 0.29) is 10.7 Å². The molecular formula is C16H21BrN2O. The van der Waals surface area contributed by atoms with Gasteiger partial charge >= 0.3 is 0 Å². The third-order valence-corrected chi connectivity index (χ3v) is 4.92. The maximum Gasteiger partial charge on any atom is 0.240 e. The van der Waals surface area contributed by atoms with Crippen LogP contribution in [0.1, 0.15) is 30.4 Å². The summed E-state index contributed by atoms with van der Waals surface area (Å²) in [5, 5.41) is 0. The summed E-state index contributed by atoms with van der Waals surface area (Å²) in [4.78, 5) is 16.9. The first-order valence-electron chi connectivity index (χ1n) is 7.25. The Morgan fingerprint density at radius 3 is 2.90 bits per heavy atom. The second-order valence-corrected chi connectivity index (χ2v) is 7.48. The third-order valence-electron chi connectivity index (χ3n) is 4.53. The molecule has 1 amide bonds. The first-order valence-corrected chi connectivity index (χ1v) is 8.17. The fourth-order valence-corrected chi connectivity index (χ4v) is 3.78. The van der Waals surface area contributed by atoms with Crippen LogP contribution in [0.15, 0.2) is 18.2 Å². The van der Waals surface area contributed by atoms with Crippen LogP contribution in [0.25, 0.3) is 0 Å². The van der Waals surface area contributed by atoms with Crippen molar-refractivity contribution < 1.29 is 4.79 Å². The van der Waals surface area contributed by atoms with Gasteiger partial charge in [-0.05, 0) is 45.5 Å². The fourth-order valence-electron chi connectivity index (χ4n) is 3.56. The second kappa shape index (κ2) is 5.15. The van der Waals surface area contributed by atoms with Crippen molar-refractivity contribution in [2.24, 2.45) is 0 Å². The number of likely N-dealkylation sites (N-methyl/N-ethyl adjacent to an activating group) is 1. The van der Waals surface area contributed by atoms with E-state index in [0.29, 0.717) is 12.0 Å². The zero-order valence-corrected chi connectivity index (χ0v) is 13.9. The van der Waals surface area contributed by atoms with Crippen LogP contribution in [0.3, 0.4) is 0 Å². The molecular weight excluding hydrogens is 316 g/mol. The third kappa shape index (κ3) is 2.19. The summed E-state index contributed by atoms with van der Waals surface area (Å²) < 4.78 is 0. The summed E-state index contributed by atoms with van der Waals surface area (Å²) in [5.41, 5.74) is 3.75. The molecule has 1 fully saturated rings. The van der Waals surface area contributed by atoms with Gasteiger partial charge < -0.3 is 9.80 Å². The highest BCUT2D eigenvalue weighted by atomic mass is 79.9. The Balaban J connectivity index is 2.06. The van der Waals surface area contributed by atoms with Crippen molar-refractivity contribution in [3.05, 3.63) is 29.3 Å². The minimum Gasteiger partial charge on any atom is -0.307 e. The first-order chi connectivity index (χ1) is 9.49. The SMILES string of the molecule is Cc1ccc2c(c1)[C@H]1CN(C)CC[C@@H]1N2C(=O)[C@@H](C)Br. The van der Waals surface area contributed by atoms with Crippen LogP contribution >= 0.6 is 15.9 Å². The van der Waals surface area contributed by atoms with Gasteiger partial charge in [-0.3, -0.25) is 4.79 Å². The van der Waals surface area contributed by atoms with Crippen LogP contribution in [-0.4, -0.2) is 41.8 Å². The van der Waals surface area contributed by atoms with Crippen LogP contribution in [0.4, 0.5) is 5.69 Å². The molecule has 1 aromatic rings. The lowest BCUT2D eigenvalue weighted by Crippen LogP contribution is -2.48. The van der Waals surface area contributed by atoms with Crippen LogP contribution in [0.5, 0.6) is 0 Å². The normalized spacial score (nSPS) is 27.1. The van der Waals surface area contributed by atoms with Gasteiger partial charge in [-0.15, -0.1) is 0 Å². The van der Waals surface area contributed by atoms with Crippen molar-refractivity contribution in [2.75, 3.05) is 25.0 Å². The lowest BCUT2D eigenvalue weighted by Gasteiger charge is -2.36. The van der Waals surface area contributed by atoms with Crippen molar-refractivity contribution in [3.63, 3.8) is 0 Å². The number of aryl methyl sites for hydroxylation is 1. The molecule has 20 heavy (non-hydrogen) atoms. The minimum atomic E-state index is -0.130. The van der Waals surface area contributed by atoms with E-state index in [2.05, 4.69) is 53.0 Å². The zero-order chi connectivity index (χ0) is 14.4. The largest absolute Gasteiger partial charge is 0.307 e. The highest BCUT2D eigenvalue weighted by Crippen LogP contribution is 2.45. The van der Waals surface area contributed by atoms with Gasteiger partial charge in [0.25, 0.3) is 0 Å². The van der Waals surface area contributed by atoms with E-state index in [4.69, 9.17) is 0 Å². The van der Waals surface area contributed by atoms with Crippen molar-refractivity contribution in [2.45, 2.75) is 37.1 Å². The lowest BCUT2D eigenvalue weighted by molar-refractivity contribution is -0.118. The monoisotopic (exact) mass is 336 g/mol. The van der Waals surface area contributed by atoms with E-state index in [9.17, 15) is 4.79 Å². The van der Waals surface area contributed by atoms with E-state index < -0.39 is 0 Å². The number of carbonyl (C=O) groups excluding carboxylic acids is 1. The second-order valence-electron chi connectivity index (χ2n) is 6.11. The summed E-state index contributed by atoms with van der Waals surface area (Å²) in [7, 11) is 2.17. The zero-order valence-electron chi connectivity index (χ0n) is 12.3. The van der Waals surface area contributed by atoms with E-state index in [1.165, 1.54) is 11.1 Å². The molecule has 2 aliphatic heterocycles. The molecule has 3 rings (SSSR count). The quantitative estimate of drug-likeness (QED) is 0.736. The molecule has 2 aliphatic rings. The van der Waals surface area contributed by atoms with E-state index in [0.717, 1.165) is 25.2 Å². The van der Waals surface area contributed by atoms with Crippen LogP contribution < -0.4 is 4.90 Å². The number of halogens is 1. The summed E-state index contributed by atoms with van der Waals surface area (Å²) in [5.74, 6) is 0.644. The molecule has 2 heterocycles. The van der Waals surface area contributed by atoms with Crippen molar-refractivity contribution in [1.82, 2.24) is 4.90 Å². The average molecular weight is 337 g/mol. The fraction of sp³-hybridized carbons (Fsp3) is 0.562. The van der Waals surface area contributed by atoms with E-state index >= 15 is 0 Å². The van der Waals surface area contributed by atoms with Crippen LogP contribution in [0.2, 0.25) is 0 Å². The molecule has 0 radical (unpaired) electrons. The topological polar surface area (TPSA) is 23.6 Å². The molecule has 0 saturated carbocycles. The molecule has 108 valence electrons. The Morgan fingerprint density at radius 2 is 2.20 bits per heavy atom. The maximum absolute atomic E-state index is 12.6. The Morgan fingerprint density at radius 1 is 1.45 bits per heavy atom. The van der Waals surface area contributed by atoms with Gasteiger partial charge in [0.05, 0.1) is 4.83 Å². The summed E-state index contributed by atoms with van der Waals surface area (Å²) >= 11 is 3.44. The standard InChI is InChI=1S/C16H21BrN2O/c1-10-4-5-14-12(8-10)13-9-18(3)7-6-15(13)19(14)16(20)11(2)17/h4-5,8,11,13,15H,6-7,9H2,1-3H3/t11-,13-,15+/m1/s1. The van der Waals surface area contributed by atoms with Crippen molar-refractivity contribution in [1.29, 1.82) is 0 Å². The summed E-state index contributed by atoms with van der Waals surface area (Å²) in [6, 6.07) is 6.82. The molecule has 0 spiro atoms. The van der Waals surface area contributed by atoms with Crippen molar-refractivity contribution >= 4 is 27.5 Å². The number of amides is 1. The number of nitrogens with zero attached hydrogens (tertiary/aromatic N) is 2. The van der Waals surface area contributed by atoms with Gasteiger partial charge in [0, 0.05) is 24.2 Å². The Kier molecular flexibility index (Phi) is 3.63. The van der Waals surface area contributed by atoms with Gasteiger partial charge in [-0.1, -0.05) is 33.6 Å². The van der Waals surface area contributed by atoms with Gasteiger partial charge in [-0.25, -0.2) is 0 Å². The number of fused-ring (bicyclic) bond motifs is 3. The highest BCUT2D eigenvalue weighted by molar-refractivity contribution is 9.10. The molecule has 3 nitrogen and oxygen atoms in total. The smallest absolute Gasteiger partial charge is 0.240 e. The molecule has 0 unspecified atom stereocenters. The predicted molar refractivity (Wildman–Crippen MR) is 85.7 cm³/mol. The number of hydrogen-bond donors (Lipinski definition) is 0. The number of rotatable bonds is 1. The first kappa shape index (κ1) is 14.1. The summed E-state index contributed by atoms with van der Waals surface area (Å²) in [6.45, 7) is 6.15. The number of benzene rings is 1. The Hall–Kier alpha value is -0.870. The molecule has 1 saturated heterocycles. The van der Waals surface area contributed by atoms with E-state index in [1.807, 2.05) is 11.8 Å². The maximum atomic E-state index is 12.6. The molecule has 0 N–H and O–H groups in total. The predicted octanol–water partition coefficient (Wildman–Crippen LogP) is 2.91. The van der Waals surface area contributed by atoms with Gasteiger partial charge in [0.2, 0.25) is 5.91 Å². The molecule has 0 aromatic heterocycles. The van der Waals surface area contributed by atoms with Crippen LogP contribution in [0, 0.1) is 6.92 Å². The minimum absolute atomic E-state index is 0.130. The molecule has 1 aromatic carbocycles. The summed E-state index contributed by atoms with van der Waals surface area (Å²) in [6.07, 6.45) is 1.06. The van der Waals surface area contributed by atoms with Crippen molar-refractivity contribution in [3.8, 4) is 0 Å². The Bertz CT molecular complexity index is 543. The van der Waals surface area contributed by atoms with Gasteiger partial charge in [-0.2, -0.15) is 0 Å². The van der Waals surface area contributed by atoms with E-state index in [1.54, 1.807) is 0 Å². The average Bonchev–Trinajstić information content (AvgIpc) is 2.71. The molecule has 0 aliphatic carbocycles. The van der Waals surface area contributed by atoms with Gasteiger partial charge in [0.1, 0.15) is 0 Å². The number of piperidine rings is 1. The lowest BCUT2D eigenvalue weighted by atomic mass is 9.89. The van der Waals surface area contributed by atoms with Crippen LogP contribution in [-0.2, 0) is 4.79 Å². The molecule has 3 atom stereocenters. The van der Waals surface area contributed by atoms with Gasteiger partial charge in [0.15, 0.2) is 0 Å². The number of likely N-dealkylation sites (tertiary alicyclic amines) is 1. The number of alkyl halides is 1.